The number of thioether (sulfide) groups is 1. The average molecular weight is 134 g/mol. The van der Waals surface area contributed by atoms with Gasteiger partial charge in [0.1, 0.15) is 0 Å². The molecule has 0 atom stereocenters. The minimum absolute atomic E-state index is 1.12. The summed E-state index contributed by atoms with van der Waals surface area (Å²) in [6.07, 6.45) is 1.12. The van der Waals surface area contributed by atoms with Crippen LogP contribution in [0.3, 0.4) is 0 Å². The van der Waals surface area contributed by atoms with Crippen LogP contribution in [-0.2, 0) is 6.42 Å². The maximum absolute atomic E-state index is 3.05. The molecule has 1 aromatic rings. The molecule has 1 aliphatic heterocycles. The summed E-state index contributed by atoms with van der Waals surface area (Å²) in [6.45, 7) is 0. The highest BCUT2D eigenvalue weighted by Gasteiger charge is 2.08. The Labute approximate surface area is 59.3 Å². The molecule has 44 valence electrons. The largest absolute Gasteiger partial charge is 0.121 e. The van der Waals surface area contributed by atoms with Crippen molar-refractivity contribution < 1.29 is 0 Å². The minimum atomic E-state index is 1.12. The van der Waals surface area contributed by atoms with E-state index >= 15 is 0 Å². The molecule has 9 heavy (non-hydrogen) atoms. The molecule has 0 N–H and O–H groups in total. The van der Waals surface area contributed by atoms with E-state index in [4.69, 9.17) is 0 Å². The van der Waals surface area contributed by atoms with Crippen molar-refractivity contribution >= 4 is 11.8 Å². The van der Waals surface area contributed by atoms with Crippen molar-refractivity contribution in [1.82, 2.24) is 0 Å². The van der Waals surface area contributed by atoms with Crippen molar-refractivity contribution in [2.75, 3.05) is 0 Å². The third kappa shape index (κ3) is 0.855. The number of fused-ring (bicyclic) bond motifs is 1. The van der Waals surface area contributed by atoms with Gasteiger partial charge in [0.15, 0.2) is 0 Å². The Kier molecular flexibility index (Phi) is 1.23. The average Bonchev–Trinajstić information content (AvgIpc) is 2.33. The van der Waals surface area contributed by atoms with Crippen LogP contribution in [-0.4, -0.2) is 0 Å². The molecular weight excluding hydrogens is 128 g/mol. The van der Waals surface area contributed by atoms with E-state index in [0.29, 0.717) is 0 Å². The van der Waals surface area contributed by atoms with Crippen molar-refractivity contribution in [3.05, 3.63) is 35.6 Å². The Bertz CT molecular complexity index is 195. The quantitative estimate of drug-likeness (QED) is 0.524. The van der Waals surface area contributed by atoms with Crippen molar-refractivity contribution in [3.8, 4) is 0 Å². The first-order valence-electron chi connectivity index (χ1n) is 2.94. The molecular formula is C8H6S. The van der Waals surface area contributed by atoms with E-state index in [1.807, 2.05) is 23.9 Å². The zero-order valence-corrected chi connectivity index (χ0v) is 5.74. The number of hydrogen-bond acceptors (Lipinski definition) is 1. The van der Waals surface area contributed by atoms with E-state index in [0.717, 1.165) is 6.42 Å². The fraction of sp³-hybridized carbons (Fsp3) is 0.125. The molecule has 0 aromatic heterocycles. The summed E-state index contributed by atoms with van der Waals surface area (Å²) < 4.78 is 0. The molecule has 1 heterocycles. The highest BCUT2D eigenvalue weighted by molar-refractivity contribution is 8.01. The van der Waals surface area contributed by atoms with Gasteiger partial charge in [0, 0.05) is 10.6 Å². The van der Waals surface area contributed by atoms with Crippen LogP contribution in [0.1, 0.15) is 5.56 Å². The fourth-order valence-corrected chi connectivity index (χ4v) is 1.83. The summed E-state index contributed by atoms with van der Waals surface area (Å²) in [5.74, 6) is 2.22. The third-order valence-corrected chi connectivity index (χ3v) is 2.39. The fourth-order valence-electron chi connectivity index (χ4n) is 0.947. The molecule has 0 nitrogen and oxygen atoms in total. The lowest BCUT2D eigenvalue weighted by atomic mass is 10.2. The van der Waals surface area contributed by atoms with Gasteiger partial charge in [-0.15, -0.1) is 11.8 Å². The summed E-state index contributed by atoms with van der Waals surface area (Å²) in [4.78, 5) is 1.37. The second-order valence-electron chi connectivity index (χ2n) is 2.02. The standard InChI is InChI=1S/C8H6S/c1-2-4-8-7(3-1)5-6-9-8/h1,3-4,6H,5H2. The predicted molar refractivity (Wildman–Crippen MR) is 39.1 cm³/mol. The molecule has 0 fully saturated rings. The Balaban J connectivity index is 2.54. The molecule has 0 amide bonds. The lowest BCUT2D eigenvalue weighted by molar-refractivity contribution is 1.21. The summed E-state index contributed by atoms with van der Waals surface area (Å²) in [7, 11) is 0. The molecule has 1 heteroatoms. The van der Waals surface area contributed by atoms with Crippen LogP contribution >= 0.6 is 11.8 Å². The highest BCUT2D eigenvalue weighted by atomic mass is 32.2. The maximum atomic E-state index is 3.05. The first-order valence-corrected chi connectivity index (χ1v) is 3.82. The summed E-state index contributed by atoms with van der Waals surface area (Å²) in [5.41, 5.74) is 1.44. The van der Waals surface area contributed by atoms with Crippen LogP contribution in [0, 0.1) is 11.8 Å². The molecule has 0 bridgehead atoms. The second kappa shape index (κ2) is 2.07. The van der Waals surface area contributed by atoms with Gasteiger partial charge in [-0.05, 0) is 24.1 Å². The monoisotopic (exact) mass is 134 g/mol. The van der Waals surface area contributed by atoms with Crippen LogP contribution in [0.2, 0.25) is 0 Å². The summed E-state index contributed by atoms with van der Waals surface area (Å²) in [5, 5.41) is 0. The van der Waals surface area contributed by atoms with Gasteiger partial charge in [-0.25, -0.2) is 0 Å². The van der Waals surface area contributed by atoms with Gasteiger partial charge in [-0.2, -0.15) is 0 Å². The van der Waals surface area contributed by atoms with E-state index in [-0.39, 0.29) is 0 Å². The molecule has 2 radical (unpaired) electrons. The van der Waals surface area contributed by atoms with Crippen LogP contribution in [0.5, 0.6) is 0 Å². The van der Waals surface area contributed by atoms with Gasteiger partial charge >= 0.3 is 0 Å². The number of rotatable bonds is 0. The molecule has 0 unspecified atom stereocenters. The SMILES string of the molecule is [c]1ccc2c(c1)S[CH]C2. The zero-order valence-electron chi connectivity index (χ0n) is 4.92. The summed E-state index contributed by atoms with van der Waals surface area (Å²) in [6, 6.07) is 9.20. The highest BCUT2D eigenvalue weighted by Crippen LogP contribution is 2.33. The van der Waals surface area contributed by atoms with Crippen molar-refractivity contribution in [2.45, 2.75) is 11.3 Å². The third-order valence-electron chi connectivity index (χ3n) is 1.43. The van der Waals surface area contributed by atoms with Crippen molar-refractivity contribution in [3.63, 3.8) is 0 Å². The van der Waals surface area contributed by atoms with Gasteiger partial charge < -0.3 is 0 Å². The van der Waals surface area contributed by atoms with Crippen molar-refractivity contribution in [2.24, 2.45) is 0 Å². The maximum Gasteiger partial charge on any atom is 0.0261 e. The summed E-state index contributed by atoms with van der Waals surface area (Å²) >= 11 is 1.81. The number of hydrogen-bond donors (Lipinski definition) is 0. The van der Waals surface area contributed by atoms with E-state index in [1.54, 1.807) is 0 Å². The van der Waals surface area contributed by atoms with E-state index in [1.165, 1.54) is 10.5 Å². The first kappa shape index (κ1) is 5.36. The van der Waals surface area contributed by atoms with Gasteiger partial charge in [0.2, 0.25) is 0 Å². The second-order valence-corrected chi connectivity index (χ2v) is 3.03. The van der Waals surface area contributed by atoms with Gasteiger partial charge in [0.25, 0.3) is 0 Å². The molecule has 0 saturated carbocycles. The van der Waals surface area contributed by atoms with E-state index in [2.05, 4.69) is 17.9 Å². The van der Waals surface area contributed by atoms with Gasteiger partial charge in [-0.3, -0.25) is 0 Å². The molecule has 2 rings (SSSR count). The van der Waals surface area contributed by atoms with E-state index in [9.17, 15) is 0 Å². The van der Waals surface area contributed by atoms with Gasteiger partial charge in [-0.1, -0.05) is 12.1 Å². The van der Waals surface area contributed by atoms with E-state index < -0.39 is 0 Å². The first-order chi connectivity index (χ1) is 4.47. The Hall–Kier alpha value is -0.430. The topological polar surface area (TPSA) is 0 Å². The number of benzene rings is 1. The normalized spacial score (nSPS) is 15.6. The van der Waals surface area contributed by atoms with Crippen LogP contribution in [0.25, 0.3) is 0 Å². The molecule has 0 aliphatic carbocycles. The lowest BCUT2D eigenvalue weighted by Gasteiger charge is -1.91. The molecule has 0 saturated heterocycles. The zero-order chi connectivity index (χ0) is 6.10. The van der Waals surface area contributed by atoms with Crippen LogP contribution < -0.4 is 0 Å². The molecule has 1 aromatic carbocycles. The molecule has 1 aliphatic rings. The van der Waals surface area contributed by atoms with Crippen LogP contribution in [0.15, 0.2) is 23.1 Å². The Morgan fingerprint density at radius 3 is 3.44 bits per heavy atom. The Morgan fingerprint density at radius 2 is 2.56 bits per heavy atom. The van der Waals surface area contributed by atoms with Gasteiger partial charge in [0.05, 0.1) is 0 Å². The smallest absolute Gasteiger partial charge is 0.0261 e. The van der Waals surface area contributed by atoms with Crippen molar-refractivity contribution in [1.29, 1.82) is 0 Å². The van der Waals surface area contributed by atoms with Crippen LogP contribution in [0.4, 0.5) is 0 Å². The lowest BCUT2D eigenvalue weighted by Crippen LogP contribution is -1.74. The Morgan fingerprint density at radius 1 is 1.56 bits per heavy atom. The molecule has 0 spiro atoms. The predicted octanol–water partition coefficient (Wildman–Crippen LogP) is 2.30. The minimum Gasteiger partial charge on any atom is -0.121 e.